The predicted octanol–water partition coefficient (Wildman–Crippen LogP) is 2.04. The quantitative estimate of drug-likeness (QED) is 0.820. The van der Waals surface area contributed by atoms with Crippen molar-refractivity contribution in [2.75, 3.05) is 0 Å². The van der Waals surface area contributed by atoms with E-state index < -0.39 is 5.97 Å². The van der Waals surface area contributed by atoms with Crippen LogP contribution in [-0.4, -0.2) is 23.0 Å². The third kappa shape index (κ3) is 2.15. The Morgan fingerprint density at radius 3 is 2.47 bits per heavy atom. The Hall–Kier alpha value is -1.06. The van der Waals surface area contributed by atoms with Crippen molar-refractivity contribution in [1.29, 1.82) is 0 Å². The molecule has 0 heterocycles. The summed E-state index contributed by atoms with van der Waals surface area (Å²) in [7, 11) is 0. The van der Waals surface area contributed by atoms with Gasteiger partial charge >= 0.3 is 5.97 Å². The molecule has 1 amide bonds. The van der Waals surface area contributed by atoms with Crippen LogP contribution < -0.4 is 5.32 Å². The molecule has 4 heteroatoms. The minimum Gasteiger partial charge on any atom is -0.481 e. The van der Waals surface area contributed by atoms with Crippen LogP contribution in [0.25, 0.3) is 0 Å². The average molecular weight is 265 g/mol. The average Bonchev–Trinajstić information content (AvgIpc) is 3.03. The number of rotatable bonds is 3. The Kier molecular flexibility index (Phi) is 3.27. The first-order valence-electron chi connectivity index (χ1n) is 7.61. The Morgan fingerprint density at radius 1 is 1.11 bits per heavy atom. The summed E-state index contributed by atoms with van der Waals surface area (Å²) in [5, 5.41) is 12.5. The highest BCUT2D eigenvalue weighted by Gasteiger charge is 2.52. The van der Waals surface area contributed by atoms with Crippen molar-refractivity contribution in [3.8, 4) is 0 Å². The van der Waals surface area contributed by atoms with Crippen LogP contribution in [0.2, 0.25) is 0 Å². The smallest absolute Gasteiger partial charge is 0.308 e. The molecule has 106 valence electrons. The molecule has 0 radical (unpaired) electrons. The van der Waals surface area contributed by atoms with Crippen LogP contribution in [-0.2, 0) is 9.59 Å². The van der Waals surface area contributed by atoms with Gasteiger partial charge in [0.15, 0.2) is 0 Å². The number of hydrogen-bond donors (Lipinski definition) is 2. The zero-order valence-electron chi connectivity index (χ0n) is 11.5. The van der Waals surface area contributed by atoms with Gasteiger partial charge in [0.2, 0.25) is 5.91 Å². The molecule has 19 heavy (non-hydrogen) atoms. The van der Waals surface area contributed by atoms with Gasteiger partial charge in [0.25, 0.3) is 0 Å². The molecule has 6 unspecified atom stereocenters. The fourth-order valence-corrected chi connectivity index (χ4v) is 4.66. The van der Waals surface area contributed by atoms with E-state index in [1.54, 1.807) is 0 Å². The molecule has 4 nitrogen and oxygen atoms in total. The van der Waals surface area contributed by atoms with Gasteiger partial charge in [-0.1, -0.05) is 13.3 Å². The molecule has 3 fully saturated rings. The fraction of sp³-hybridized carbons (Fsp3) is 0.867. The number of carboxylic acids is 1. The highest BCUT2D eigenvalue weighted by atomic mass is 16.4. The van der Waals surface area contributed by atoms with E-state index in [-0.39, 0.29) is 29.7 Å². The maximum atomic E-state index is 12.4. The highest BCUT2D eigenvalue weighted by Crippen LogP contribution is 2.48. The summed E-state index contributed by atoms with van der Waals surface area (Å²) in [6.07, 6.45) is 6.30. The van der Waals surface area contributed by atoms with Gasteiger partial charge in [-0.3, -0.25) is 9.59 Å². The SMILES string of the molecule is CC1CCCC1C(=O)NC1C2CCC(C2)C1C(=O)O. The van der Waals surface area contributed by atoms with Gasteiger partial charge < -0.3 is 10.4 Å². The monoisotopic (exact) mass is 265 g/mol. The minimum absolute atomic E-state index is 0.105. The molecule has 0 spiro atoms. The summed E-state index contributed by atoms with van der Waals surface area (Å²) in [6.45, 7) is 2.13. The lowest BCUT2D eigenvalue weighted by molar-refractivity contribution is -0.145. The van der Waals surface area contributed by atoms with Crippen molar-refractivity contribution in [2.45, 2.75) is 51.5 Å². The second kappa shape index (κ2) is 4.80. The van der Waals surface area contributed by atoms with Crippen LogP contribution >= 0.6 is 0 Å². The van der Waals surface area contributed by atoms with E-state index in [9.17, 15) is 14.7 Å². The molecule has 2 bridgehead atoms. The van der Waals surface area contributed by atoms with E-state index >= 15 is 0 Å². The van der Waals surface area contributed by atoms with Crippen LogP contribution in [0.5, 0.6) is 0 Å². The normalized spacial score (nSPS) is 44.5. The predicted molar refractivity (Wildman–Crippen MR) is 70.4 cm³/mol. The molecular formula is C15H23NO3. The number of hydrogen-bond acceptors (Lipinski definition) is 2. The highest BCUT2D eigenvalue weighted by molar-refractivity contribution is 5.81. The third-order valence-corrected chi connectivity index (χ3v) is 5.71. The Labute approximate surface area is 113 Å². The molecule has 3 aliphatic rings. The second-order valence-corrected chi connectivity index (χ2v) is 6.75. The lowest BCUT2D eigenvalue weighted by atomic mass is 9.84. The molecule has 0 aromatic heterocycles. The molecule has 6 atom stereocenters. The van der Waals surface area contributed by atoms with Gasteiger partial charge in [-0.15, -0.1) is 0 Å². The molecular weight excluding hydrogens is 242 g/mol. The number of aliphatic carboxylic acids is 1. The lowest BCUT2D eigenvalue weighted by Gasteiger charge is -2.30. The topological polar surface area (TPSA) is 66.4 Å². The first-order valence-corrected chi connectivity index (χ1v) is 7.61. The van der Waals surface area contributed by atoms with E-state index in [0.717, 1.165) is 38.5 Å². The zero-order chi connectivity index (χ0) is 13.6. The van der Waals surface area contributed by atoms with Gasteiger partial charge in [0, 0.05) is 12.0 Å². The molecule has 0 aromatic carbocycles. The standard InChI is InChI=1S/C15H23NO3/c1-8-3-2-4-11(8)14(17)16-13-10-6-5-9(7-10)12(13)15(18)19/h8-13H,2-7H2,1H3,(H,16,17)(H,18,19). The molecule has 0 aliphatic heterocycles. The molecule has 0 saturated heterocycles. The van der Waals surface area contributed by atoms with Crippen molar-refractivity contribution in [2.24, 2.45) is 29.6 Å². The summed E-state index contributed by atoms with van der Waals surface area (Å²) in [6, 6.07) is -0.114. The van der Waals surface area contributed by atoms with E-state index in [4.69, 9.17) is 0 Å². The molecule has 2 N–H and O–H groups in total. The number of carbonyl (C=O) groups is 2. The summed E-state index contributed by atoms with van der Waals surface area (Å²) >= 11 is 0. The number of carbonyl (C=O) groups excluding carboxylic acids is 1. The molecule has 3 saturated carbocycles. The molecule has 3 aliphatic carbocycles. The summed E-state index contributed by atoms with van der Waals surface area (Å²) in [4.78, 5) is 23.8. The Bertz CT molecular complexity index is 395. The van der Waals surface area contributed by atoms with E-state index in [0.29, 0.717) is 11.8 Å². The van der Waals surface area contributed by atoms with E-state index in [1.807, 2.05) is 0 Å². The first kappa shape index (κ1) is 12.9. The summed E-state index contributed by atoms with van der Waals surface area (Å²) in [5.74, 6) is 0.265. The van der Waals surface area contributed by atoms with Crippen LogP contribution in [0.15, 0.2) is 0 Å². The Morgan fingerprint density at radius 2 is 1.84 bits per heavy atom. The second-order valence-electron chi connectivity index (χ2n) is 6.75. The van der Waals surface area contributed by atoms with E-state index in [1.165, 1.54) is 0 Å². The van der Waals surface area contributed by atoms with Gasteiger partial charge in [0.1, 0.15) is 0 Å². The number of carboxylic acid groups (broad SMARTS) is 1. The fourth-order valence-electron chi connectivity index (χ4n) is 4.66. The van der Waals surface area contributed by atoms with Crippen LogP contribution in [0.3, 0.4) is 0 Å². The van der Waals surface area contributed by atoms with Crippen LogP contribution in [0.1, 0.15) is 45.4 Å². The van der Waals surface area contributed by atoms with Gasteiger partial charge in [-0.05, 0) is 49.9 Å². The summed E-state index contributed by atoms with van der Waals surface area (Å²) < 4.78 is 0. The minimum atomic E-state index is -0.725. The maximum absolute atomic E-state index is 12.4. The van der Waals surface area contributed by atoms with Gasteiger partial charge in [-0.25, -0.2) is 0 Å². The van der Waals surface area contributed by atoms with E-state index in [2.05, 4.69) is 12.2 Å². The zero-order valence-corrected chi connectivity index (χ0v) is 11.5. The third-order valence-electron chi connectivity index (χ3n) is 5.71. The number of fused-ring (bicyclic) bond motifs is 2. The largest absolute Gasteiger partial charge is 0.481 e. The van der Waals surface area contributed by atoms with Gasteiger partial charge in [0.05, 0.1) is 5.92 Å². The maximum Gasteiger partial charge on any atom is 0.308 e. The molecule has 0 aromatic rings. The van der Waals surface area contributed by atoms with Gasteiger partial charge in [-0.2, -0.15) is 0 Å². The van der Waals surface area contributed by atoms with Crippen molar-refractivity contribution >= 4 is 11.9 Å². The Balaban J connectivity index is 1.68. The van der Waals surface area contributed by atoms with Crippen molar-refractivity contribution in [3.63, 3.8) is 0 Å². The lowest BCUT2D eigenvalue weighted by Crippen LogP contribution is -2.48. The van der Waals surface area contributed by atoms with Crippen molar-refractivity contribution in [3.05, 3.63) is 0 Å². The summed E-state index contributed by atoms with van der Waals surface area (Å²) in [5.41, 5.74) is 0. The van der Waals surface area contributed by atoms with Crippen LogP contribution in [0.4, 0.5) is 0 Å². The van der Waals surface area contributed by atoms with Crippen molar-refractivity contribution in [1.82, 2.24) is 5.32 Å². The number of nitrogens with one attached hydrogen (secondary N) is 1. The molecule has 3 rings (SSSR count). The number of amides is 1. The van der Waals surface area contributed by atoms with Crippen molar-refractivity contribution < 1.29 is 14.7 Å². The van der Waals surface area contributed by atoms with Crippen LogP contribution in [0, 0.1) is 29.6 Å². The first-order chi connectivity index (χ1) is 9.08.